The summed E-state index contributed by atoms with van der Waals surface area (Å²) in [6.07, 6.45) is 10.7. The van der Waals surface area contributed by atoms with Crippen LogP contribution in [0, 0.1) is 5.92 Å². The van der Waals surface area contributed by atoms with E-state index in [0.29, 0.717) is 5.92 Å². The molecule has 0 N–H and O–H groups in total. The van der Waals surface area contributed by atoms with Crippen molar-refractivity contribution in [2.24, 2.45) is 5.92 Å². The molecule has 2 aromatic carbocycles. The van der Waals surface area contributed by atoms with E-state index in [1.807, 2.05) is 0 Å². The Balaban J connectivity index is 1.63. The van der Waals surface area contributed by atoms with Gasteiger partial charge in [0.25, 0.3) is 0 Å². The van der Waals surface area contributed by atoms with Crippen LogP contribution in [0.5, 0.6) is 0 Å². The van der Waals surface area contributed by atoms with Crippen LogP contribution in [0.4, 0.5) is 0 Å². The van der Waals surface area contributed by atoms with Crippen molar-refractivity contribution in [3.63, 3.8) is 0 Å². The van der Waals surface area contributed by atoms with Crippen LogP contribution in [-0.2, 0) is 0 Å². The molecule has 0 nitrogen and oxygen atoms in total. The first kappa shape index (κ1) is 14.3. The van der Waals surface area contributed by atoms with Gasteiger partial charge in [0, 0.05) is 4.47 Å². The van der Waals surface area contributed by atoms with Crippen LogP contribution >= 0.6 is 15.9 Å². The molecule has 1 aliphatic carbocycles. The third-order valence-electron chi connectivity index (χ3n) is 3.96. The van der Waals surface area contributed by atoms with Crippen LogP contribution in [0.25, 0.3) is 12.2 Å². The molecular weight excluding hydrogens is 320 g/mol. The molecule has 0 bridgehead atoms. The van der Waals surface area contributed by atoms with Crippen LogP contribution in [-0.4, -0.2) is 0 Å². The number of rotatable bonds is 3. The normalized spacial score (nSPS) is 20.4. The first-order valence-electron chi connectivity index (χ1n) is 7.48. The van der Waals surface area contributed by atoms with Crippen molar-refractivity contribution >= 4 is 28.1 Å². The molecule has 2 aromatic rings. The number of hydrogen-bond acceptors (Lipinski definition) is 0. The van der Waals surface area contributed by atoms with Gasteiger partial charge in [0.2, 0.25) is 0 Å². The maximum absolute atomic E-state index is 3.48. The van der Waals surface area contributed by atoms with Gasteiger partial charge in [0.15, 0.2) is 0 Å². The summed E-state index contributed by atoms with van der Waals surface area (Å²) in [6.45, 7) is 0. The molecule has 1 fully saturated rings. The highest BCUT2D eigenvalue weighted by Crippen LogP contribution is 2.33. The Hall–Kier alpha value is -1.60. The summed E-state index contributed by atoms with van der Waals surface area (Å²) in [5.74, 6) is 0.687. The monoisotopic (exact) mass is 338 g/mol. The minimum absolute atomic E-state index is 0.687. The van der Waals surface area contributed by atoms with Crippen molar-refractivity contribution in [1.29, 1.82) is 0 Å². The third-order valence-corrected chi connectivity index (χ3v) is 4.49. The predicted molar refractivity (Wildman–Crippen MR) is 94.9 cm³/mol. The average molecular weight is 339 g/mol. The van der Waals surface area contributed by atoms with Crippen molar-refractivity contribution < 1.29 is 0 Å². The van der Waals surface area contributed by atoms with Crippen LogP contribution in [0.2, 0.25) is 0 Å². The fourth-order valence-electron chi connectivity index (χ4n) is 2.81. The standard InChI is InChI=1S/C20H19Br/c21-20-12-10-18(11-13-20)15-19-9-8-17(14-19)7-6-16-4-2-1-3-5-16/h1-7,10-13,15,17H,8-9,14H2/b7-6-,19-15+/t17-/m0/s1. The molecule has 106 valence electrons. The number of halogens is 1. The van der Waals surface area contributed by atoms with Crippen molar-refractivity contribution in [3.8, 4) is 0 Å². The Kier molecular flexibility index (Phi) is 4.72. The van der Waals surface area contributed by atoms with E-state index in [4.69, 9.17) is 0 Å². The van der Waals surface area contributed by atoms with Gasteiger partial charge in [-0.2, -0.15) is 0 Å². The Bertz CT molecular complexity index is 635. The zero-order chi connectivity index (χ0) is 14.5. The number of allylic oxidation sites excluding steroid dienone is 2. The second-order valence-electron chi connectivity index (χ2n) is 5.63. The summed E-state index contributed by atoms with van der Waals surface area (Å²) in [6, 6.07) is 19.1. The quantitative estimate of drug-likeness (QED) is 0.611. The van der Waals surface area contributed by atoms with Crippen LogP contribution < -0.4 is 0 Å². The lowest BCUT2D eigenvalue weighted by molar-refractivity contribution is 0.697. The van der Waals surface area contributed by atoms with E-state index in [2.05, 4.69) is 88.8 Å². The molecule has 0 heterocycles. The van der Waals surface area contributed by atoms with Gasteiger partial charge in [-0.05, 0) is 48.4 Å². The van der Waals surface area contributed by atoms with Gasteiger partial charge in [0.1, 0.15) is 0 Å². The van der Waals surface area contributed by atoms with Crippen LogP contribution in [0.15, 0.2) is 70.7 Å². The Morgan fingerprint density at radius 3 is 2.43 bits per heavy atom. The van der Waals surface area contributed by atoms with Crippen LogP contribution in [0.1, 0.15) is 30.4 Å². The van der Waals surface area contributed by atoms with Crippen molar-refractivity contribution in [2.75, 3.05) is 0 Å². The van der Waals surface area contributed by atoms with Gasteiger partial charge in [-0.1, -0.05) is 82.2 Å². The summed E-state index contributed by atoms with van der Waals surface area (Å²) in [7, 11) is 0. The van der Waals surface area contributed by atoms with Gasteiger partial charge in [-0.25, -0.2) is 0 Å². The molecule has 3 rings (SSSR count). The smallest absolute Gasteiger partial charge is 0.0175 e. The molecule has 1 aliphatic rings. The molecule has 0 unspecified atom stereocenters. The summed E-state index contributed by atoms with van der Waals surface area (Å²) in [5, 5.41) is 0. The fourth-order valence-corrected chi connectivity index (χ4v) is 3.08. The molecule has 1 heteroatoms. The molecule has 0 saturated heterocycles. The number of benzene rings is 2. The second kappa shape index (κ2) is 6.91. The molecule has 1 atom stereocenters. The van der Waals surface area contributed by atoms with Crippen LogP contribution in [0.3, 0.4) is 0 Å². The maximum Gasteiger partial charge on any atom is 0.0175 e. The average Bonchev–Trinajstić information content (AvgIpc) is 2.96. The largest absolute Gasteiger partial charge is 0.0805 e. The summed E-state index contributed by atoms with van der Waals surface area (Å²) in [5.41, 5.74) is 4.17. The molecule has 21 heavy (non-hydrogen) atoms. The molecule has 0 aromatic heterocycles. The second-order valence-corrected chi connectivity index (χ2v) is 6.54. The van der Waals surface area contributed by atoms with E-state index in [0.717, 1.165) is 4.47 Å². The van der Waals surface area contributed by atoms with Crippen molar-refractivity contribution in [2.45, 2.75) is 19.3 Å². The van der Waals surface area contributed by atoms with Gasteiger partial charge in [-0.3, -0.25) is 0 Å². The third kappa shape index (κ3) is 4.18. The molecule has 0 spiro atoms. The van der Waals surface area contributed by atoms with E-state index in [-0.39, 0.29) is 0 Å². The maximum atomic E-state index is 3.48. The van der Waals surface area contributed by atoms with Crippen molar-refractivity contribution in [3.05, 3.63) is 81.8 Å². The minimum atomic E-state index is 0.687. The molecule has 1 saturated carbocycles. The van der Waals surface area contributed by atoms with E-state index in [1.165, 1.54) is 30.4 Å². The molecule has 0 aliphatic heterocycles. The Morgan fingerprint density at radius 2 is 1.67 bits per heavy atom. The van der Waals surface area contributed by atoms with Gasteiger partial charge >= 0.3 is 0 Å². The zero-order valence-corrected chi connectivity index (χ0v) is 13.6. The SMILES string of the molecule is Brc1ccc(/C=C2\CC[C@H](/C=C\c3ccccc3)C2)cc1. The summed E-state index contributed by atoms with van der Waals surface area (Å²) in [4.78, 5) is 0. The zero-order valence-electron chi connectivity index (χ0n) is 12.0. The topological polar surface area (TPSA) is 0 Å². The van der Waals surface area contributed by atoms with E-state index < -0.39 is 0 Å². The first-order chi connectivity index (χ1) is 10.3. The minimum Gasteiger partial charge on any atom is -0.0805 e. The first-order valence-corrected chi connectivity index (χ1v) is 8.27. The van der Waals surface area contributed by atoms with Gasteiger partial charge in [0.05, 0.1) is 0 Å². The Morgan fingerprint density at radius 1 is 0.905 bits per heavy atom. The molecule has 0 radical (unpaired) electrons. The van der Waals surface area contributed by atoms with Gasteiger partial charge < -0.3 is 0 Å². The highest BCUT2D eigenvalue weighted by molar-refractivity contribution is 9.10. The highest BCUT2D eigenvalue weighted by atomic mass is 79.9. The Labute approximate surface area is 135 Å². The van der Waals surface area contributed by atoms with E-state index in [1.54, 1.807) is 5.57 Å². The molecular formula is C20H19Br. The van der Waals surface area contributed by atoms with Gasteiger partial charge in [-0.15, -0.1) is 0 Å². The summed E-state index contributed by atoms with van der Waals surface area (Å²) < 4.78 is 1.14. The fraction of sp³-hybridized carbons (Fsp3) is 0.200. The van der Waals surface area contributed by atoms with E-state index in [9.17, 15) is 0 Å². The lowest BCUT2D eigenvalue weighted by Crippen LogP contribution is -1.85. The summed E-state index contributed by atoms with van der Waals surface area (Å²) >= 11 is 3.48. The lowest BCUT2D eigenvalue weighted by Gasteiger charge is -2.01. The lowest BCUT2D eigenvalue weighted by atomic mass is 10.0. The predicted octanol–water partition coefficient (Wildman–Crippen LogP) is 6.35. The molecule has 0 amide bonds. The van der Waals surface area contributed by atoms with E-state index >= 15 is 0 Å². The highest BCUT2D eigenvalue weighted by Gasteiger charge is 2.16. The number of hydrogen-bond donors (Lipinski definition) is 0. The van der Waals surface area contributed by atoms with Crippen molar-refractivity contribution in [1.82, 2.24) is 0 Å².